The lowest BCUT2D eigenvalue weighted by atomic mass is 10.0. The van der Waals surface area contributed by atoms with Crippen molar-refractivity contribution in [3.8, 4) is 5.69 Å². The van der Waals surface area contributed by atoms with Crippen LogP contribution in [-0.4, -0.2) is 52.0 Å². The maximum atomic E-state index is 12.4. The molecule has 6 heteroatoms. The van der Waals surface area contributed by atoms with Crippen LogP contribution in [0, 0.1) is 19.8 Å². The molecule has 1 aliphatic heterocycles. The zero-order valence-corrected chi connectivity index (χ0v) is 16.7. The van der Waals surface area contributed by atoms with E-state index in [0.29, 0.717) is 12.2 Å². The van der Waals surface area contributed by atoms with Crippen molar-refractivity contribution in [1.29, 1.82) is 0 Å². The Morgan fingerprint density at radius 2 is 2.00 bits per heavy atom. The molecule has 1 aromatic carbocycles. The van der Waals surface area contributed by atoms with Gasteiger partial charge in [0.25, 0.3) is 5.91 Å². The number of aromatic nitrogens is 3. The van der Waals surface area contributed by atoms with E-state index in [2.05, 4.69) is 27.5 Å². The molecule has 146 valence electrons. The number of piperidine rings is 1. The normalized spacial score (nSPS) is 17.8. The monoisotopic (exact) mass is 369 g/mol. The highest BCUT2D eigenvalue weighted by atomic mass is 16.2. The topological polar surface area (TPSA) is 63.1 Å². The minimum absolute atomic E-state index is 0.141. The number of amides is 1. The van der Waals surface area contributed by atoms with Crippen molar-refractivity contribution in [2.45, 2.75) is 46.5 Å². The van der Waals surface area contributed by atoms with Crippen molar-refractivity contribution in [3.05, 3.63) is 41.2 Å². The van der Waals surface area contributed by atoms with E-state index in [9.17, 15) is 4.79 Å². The maximum Gasteiger partial charge on any atom is 0.273 e. The van der Waals surface area contributed by atoms with Gasteiger partial charge in [-0.2, -0.15) is 0 Å². The van der Waals surface area contributed by atoms with Crippen LogP contribution in [0.15, 0.2) is 24.3 Å². The Bertz CT molecular complexity index is 752. The number of rotatable bonds is 7. The quantitative estimate of drug-likeness (QED) is 0.762. The van der Waals surface area contributed by atoms with E-state index in [0.717, 1.165) is 36.7 Å². The molecule has 2 heterocycles. The first-order chi connectivity index (χ1) is 13.0. The summed E-state index contributed by atoms with van der Waals surface area (Å²) in [4.78, 5) is 15.0. The van der Waals surface area contributed by atoms with E-state index in [1.807, 2.05) is 38.1 Å². The number of benzene rings is 1. The molecule has 0 aliphatic carbocycles. The Hall–Kier alpha value is -2.21. The third-order valence-corrected chi connectivity index (χ3v) is 5.32. The molecule has 1 unspecified atom stereocenters. The highest BCUT2D eigenvalue weighted by Crippen LogP contribution is 2.16. The number of unbranched alkanes of at least 4 members (excludes halogenated alkanes) is 1. The molecule has 3 rings (SSSR count). The number of nitrogens with one attached hydrogen (secondary N) is 1. The molecule has 1 amide bonds. The third-order valence-electron chi connectivity index (χ3n) is 5.32. The van der Waals surface area contributed by atoms with Crippen molar-refractivity contribution in [1.82, 2.24) is 25.2 Å². The van der Waals surface area contributed by atoms with Crippen LogP contribution >= 0.6 is 0 Å². The molecule has 1 fully saturated rings. The summed E-state index contributed by atoms with van der Waals surface area (Å²) in [6, 6.07) is 8.03. The van der Waals surface area contributed by atoms with Gasteiger partial charge in [-0.25, -0.2) is 4.68 Å². The van der Waals surface area contributed by atoms with Crippen LogP contribution in [0.2, 0.25) is 0 Å². The SMILES string of the molecule is Cc1ccc(-n2nnc(C(=O)NCCCCN3CCCC(C)C3)c2C)cc1. The lowest BCUT2D eigenvalue weighted by Gasteiger charge is -2.30. The van der Waals surface area contributed by atoms with E-state index in [1.165, 1.54) is 31.5 Å². The van der Waals surface area contributed by atoms with Gasteiger partial charge in [0, 0.05) is 13.1 Å². The van der Waals surface area contributed by atoms with E-state index < -0.39 is 0 Å². The molecule has 0 radical (unpaired) electrons. The van der Waals surface area contributed by atoms with E-state index in [4.69, 9.17) is 0 Å². The van der Waals surface area contributed by atoms with Crippen molar-refractivity contribution >= 4 is 5.91 Å². The average molecular weight is 370 g/mol. The summed E-state index contributed by atoms with van der Waals surface area (Å²) in [7, 11) is 0. The van der Waals surface area contributed by atoms with Gasteiger partial charge in [0.2, 0.25) is 0 Å². The fraction of sp³-hybridized carbons (Fsp3) is 0.571. The van der Waals surface area contributed by atoms with E-state index in [1.54, 1.807) is 4.68 Å². The van der Waals surface area contributed by atoms with Gasteiger partial charge in [-0.1, -0.05) is 29.8 Å². The molecular formula is C21H31N5O. The number of hydrogen-bond donors (Lipinski definition) is 1. The number of aryl methyl sites for hydroxylation is 1. The Kier molecular flexibility index (Phi) is 6.61. The molecule has 1 aromatic heterocycles. The number of likely N-dealkylation sites (tertiary alicyclic amines) is 1. The minimum Gasteiger partial charge on any atom is -0.351 e. The summed E-state index contributed by atoms with van der Waals surface area (Å²) in [5.41, 5.74) is 3.27. The van der Waals surface area contributed by atoms with Gasteiger partial charge in [0.05, 0.1) is 11.4 Å². The van der Waals surface area contributed by atoms with Crippen LogP contribution < -0.4 is 5.32 Å². The van der Waals surface area contributed by atoms with Crippen LogP contribution in [0.3, 0.4) is 0 Å². The molecule has 2 aromatic rings. The number of carbonyl (C=O) groups excluding carboxylic acids is 1. The van der Waals surface area contributed by atoms with Gasteiger partial charge in [-0.05, 0) is 70.7 Å². The lowest BCUT2D eigenvalue weighted by molar-refractivity contribution is 0.0946. The first-order valence-corrected chi connectivity index (χ1v) is 10.0. The van der Waals surface area contributed by atoms with Crippen molar-refractivity contribution in [3.63, 3.8) is 0 Å². The predicted molar refractivity (Wildman–Crippen MR) is 107 cm³/mol. The van der Waals surface area contributed by atoms with E-state index in [-0.39, 0.29) is 5.91 Å². The molecule has 0 spiro atoms. The summed E-state index contributed by atoms with van der Waals surface area (Å²) < 4.78 is 1.71. The Labute approximate surface area is 161 Å². The van der Waals surface area contributed by atoms with Crippen molar-refractivity contribution in [2.24, 2.45) is 5.92 Å². The molecule has 1 atom stereocenters. The number of carbonyl (C=O) groups is 1. The van der Waals surface area contributed by atoms with E-state index >= 15 is 0 Å². The number of nitrogens with zero attached hydrogens (tertiary/aromatic N) is 4. The molecule has 27 heavy (non-hydrogen) atoms. The highest BCUT2D eigenvalue weighted by molar-refractivity contribution is 5.93. The average Bonchev–Trinajstić information content (AvgIpc) is 3.03. The van der Waals surface area contributed by atoms with Gasteiger partial charge < -0.3 is 10.2 Å². The number of hydrogen-bond acceptors (Lipinski definition) is 4. The van der Waals surface area contributed by atoms with Gasteiger partial charge >= 0.3 is 0 Å². The summed E-state index contributed by atoms with van der Waals surface area (Å²) in [6.45, 7) is 10.5. The Morgan fingerprint density at radius 1 is 1.22 bits per heavy atom. The van der Waals surface area contributed by atoms with Crippen LogP contribution in [0.1, 0.15) is 54.4 Å². The van der Waals surface area contributed by atoms with Crippen LogP contribution in [-0.2, 0) is 0 Å². The standard InChI is InChI=1S/C21H31N5O/c1-16-8-10-19(11-9-16)26-18(3)20(23-24-26)21(27)22-12-4-5-13-25-14-6-7-17(2)15-25/h8-11,17H,4-7,12-15H2,1-3H3,(H,22,27). The maximum absolute atomic E-state index is 12.4. The van der Waals surface area contributed by atoms with Gasteiger partial charge in [-0.15, -0.1) is 5.10 Å². The van der Waals surface area contributed by atoms with Crippen LogP contribution in [0.5, 0.6) is 0 Å². The molecule has 0 bridgehead atoms. The van der Waals surface area contributed by atoms with Gasteiger partial charge in [0.15, 0.2) is 5.69 Å². The molecule has 6 nitrogen and oxygen atoms in total. The highest BCUT2D eigenvalue weighted by Gasteiger charge is 2.17. The Morgan fingerprint density at radius 3 is 2.74 bits per heavy atom. The summed E-state index contributed by atoms with van der Waals surface area (Å²) in [6.07, 6.45) is 4.77. The summed E-state index contributed by atoms with van der Waals surface area (Å²) in [5, 5.41) is 11.2. The second kappa shape index (κ2) is 9.13. The second-order valence-corrected chi connectivity index (χ2v) is 7.78. The molecular weight excluding hydrogens is 338 g/mol. The smallest absolute Gasteiger partial charge is 0.273 e. The minimum atomic E-state index is -0.141. The largest absolute Gasteiger partial charge is 0.351 e. The van der Waals surface area contributed by atoms with Crippen LogP contribution in [0.4, 0.5) is 0 Å². The fourth-order valence-electron chi connectivity index (χ4n) is 3.71. The Balaban J connectivity index is 1.45. The summed E-state index contributed by atoms with van der Waals surface area (Å²) in [5.74, 6) is 0.676. The molecule has 0 saturated carbocycles. The first-order valence-electron chi connectivity index (χ1n) is 10.0. The van der Waals surface area contributed by atoms with Crippen molar-refractivity contribution < 1.29 is 4.79 Å². The lowest BCUT2D eigenvalue weighted by Crippen LogP contribution is -2.35. The zero-order valence-electron chi connectivity index (χ0n) is 16.7. The first kappa shape index (κ1) is 19.5. The van der Waals surface area contributed by atoms with Crippen LogP contribution in [0.25, 0.3) is 5.69 Å². The molecule has 1 aliphatic rings. The summed E-state index contributed by atoms with van der Waals surface area (Å²) >= 11 is 0. The van der Waals surface area contributed by atoms with Gasteiger partial charge in [-0.3, -0.25) is 4.79 Å². The van der Waals surface area contributed by atoms with Gasteiger partial charge in [0.1, 0.15) is 0 Å². The third kappa shape index (κ3) is 5.16. The second-order valence-electron chi connectivity index (χ2n) is 7.78. The predicted octanol–water partition coefficient (Wildman–Crippen LogP) is 3.13. The molecule has 1 saturated heterocycles. The zero-order chi connectivity index (χ0) is 19.2. The fourth-order valence-corrected chi connectivity index (χ4v) is 3.71. The van der Waals surface area contributed by atoms with Crippen molar-refractivity contribution in [2.75, 3.05) is 26.2 Å². The molecule has 1 N–H and O–H groups in total.